The van der Waals surface area contributed by atoms with Crippen LogP contribution in [0.1, 0.15) is 13.8 Å². The minimum absolute atomic E-state index is 0.191. The van der Waals surface area contributed by atoms with Crippen LogP contribution in [-0.4, -0.2) is 43.6 Å². The molecule has 4 rings (SSSR count). The zero-order chi connectivity index (χ0) is 25.3. The molecule has 35 heavy (non-hydrogen) atoms. The summed E-state index contributed by atoms with van der Waals surface area (Å²) in [5.74, 6) is -0.381. The van der Waals surface area contributed by atoms with Gasteiger partial charge in [-0.15, -0.1) is 0 Å². The van der Waals surface area contributed by atoms with Crippen LogP contribution in [0.25, 0.3) is 21.8 Å². The number of anilines is 4. The molecule has 0 atom stereocenters. The number of hydrogen-bond donors (Lipinski definition) is 3. The Balaban J connectivity index is 1.85. The maximum Gasteiger partial charge on any atom is 0.242 e. The Morgan fingerprint density at radius 3 is 1.63 bits per heavy atom. The molecule has 9 nitrogen and oxygen atoms in total. The second kappa shape index (κ2) is 9.32. The number of amides is 2. The Kier molecular flexibility index (Phi) is 6.42. The smallest absolute Gasteiger partial charge is 0.242 e. The maximum atomic E-state index is 12.4. The summed E-state index contributed by atoms with van der Waals surface area (Å²) in [5, 5.41) is 10.5. The van der Waals surface area contributed by atoms with Crippen molar-refractivity contribution in [3.05, 3.63) is 60.7 Å². The molecule has 180 valence electrons. The number of rotatable bonds is 6. The summed E-state index contributed by atoms with van der Waals surface area (Å²) in [6.07, 6.45) is 0. The van der Waals surface area contributed by atoms with Crippen molar-refractivity contribution in [1.82, 2.24) is 9.29 Å². The van der Waals surface area contributed by atoms with E-state index in [1.807, 2.05) is 12.1 Å². The highest BCUT2D eigenvalue weighted by atomic mass is 32.2. The number of aromatic nitrogens is 1. The summed E-state index contributed by atoms with van der Waals surface area (Å²) < 4.78 is 26.0. The number of carbonyl (C=O) groups excluding carboxylic acids is 2. The van der Waals surface area contributed by atoms with E-state index in [4.69, 9.17) is 4.98 Å². The van der Waals surface area contributed by atoms with E-state index in [-0.39, 0.29) is 16.7 Å². The fourth-order valence-electron chi connectivity index (χ4n) is 3.71. The maximum absolute atomic E-state index is 12.4. The van der Waals surface area contributed by atoms with E-state index in [0.717, 1.165) is 16.5 Å². The van der Waals surface area contributed by atoms with E-state index in [2.05, 4.69) is 16.0 Å². The number of carbonyl (C=O) groups is 2. The Hall–Kier alpha value is -4.02. The van der Waals surface area contributed by atoms with Crippen LogP contribution in [0.3, 0.4) is 0 Å². The van der Waals surface area contributed by atoms with Gasteiger partial charge in [-0.05, 0) is 60.7 Å². The van der Waals surface area contributed by atoms with Gasteiger partial charge in [0.1, 0.15) is 0 Å². The van der Waals surface area contributed by atoms with Crippen LogP contribution in [0.2, 0.25) is 0 Å². The van der Waals surface area contributed by atoms with Gasteiger partial charge < -0.3 is 16.0 Å². The molecule has 2 amide bonds. The zero-order valence-electron chi connectivity index (χ0n) is 19.7. The summed E-state index contributed by atoms with van der Waals surface area (Å²) >= 11 is 0. The normalized spacial score (nSPS) is 11.6. The third kappa shape index (κ3) is 5.08. The Morgan fingerprint density at radius 1 is 0.743 bits per heavy atom. The molecule has 4 aromatic rings. The van der Waals surface area contributed by atoms with Crippen LogP contribution < -0.4 is 16.0 Å². The minimum atomic E-state index is -3.54. The Morgan fingerprint density at radius 2 is 1.20 bits per heavy atom. The van der Waals surface area contributed by atoms with Crippen molar-refractivity contribution in [3.8, 4) is 0 Å². The average Bonchev–Trinajstić information content (AvgIpc) is 2.78. The second-order valence-electron chi connectivity index (χ2n) is 8.25. The number of fused-ring (bicyclic) bond motifs is 2. The summed E-state index contributed by atoms with van der Waals surface area (Å²) in [7, 11) is -0.564. The lowest BCUT2D eigenvalue weighted by atomic mass is 10.1. The monoisotopic (exact) mass is 491 g/mol. The van der Waals surface area contributed by atoms with Crippen LogP contribution >= 0.6 is 0 Å². The molecule has 0 saturated carbocycles. The topological polar surface area (TPSA) is 121 Å². The summed E-state index contributed by atoms with van der Waals surface area (Å²) in [4.78, 5) is 28.0. The quantitative estimate of drug-likeness (QED) is 0.346. The molecule has 0 unspecified atom stereocenters. The molecule has 1 aromatic heterocycles. The van der Waals surface area contributed by atoms with Crippen molar-refractivity contribution in [2.24, 2.45) is 0 Å². The fourth-order valence-corrected chi connectivity index (χ4v) is 4.61. The van der Waals surface area contributed by atoms with Crippen LogP contribution in [0.5, 0.6) is 0 Å². The van der Waals surface area contributed by atoms with Gasteiger partial charge in [-0.25, -0.2) is 17.7 Å². The summed E-state index contributed by atoms with van der Waals surface area (Å²) in [6.45, 7) is 2.87. The van der Waals surface area contributed by atoms with Gasteiger partial charge in [0.2, 0.25) is 21.8 Å². The van der Waals surface area contributed by atoms with Crippen molar-refractivity contribution in [3.63, 3.8) is 0 Å². The molecule has 0 fully saturated rings. The van der Waals surface area contributed by atoms with Gasteiger partial charge in [-0.2, -0.15) is 0 Å². The second-order valence-corrected chi connectivity index (χ2v) is 10.4. The third-order valence-corrected chi connectivity index (χ3v) is 7.15. The molecule has 0 aliphatic rings. The zero-order valence-corrected chi connectivity index (χ0v) is 20.5. The van der Waals surface area contributed by atoms with Gasteiger partial charge in [0, 0.05) is 55.8 Å². The van der Waals surface area contributed by atoms with E-state index in [1.54, 1.807) is 48.5 Å². The van der Waals surface area contributed by atoms with E-state index >= 15 is 0 Å². The highest BCUT2D eigenvalue weighted by Gasteiger charge is 2.17. The Bertz CT molecular complexity index is 1490. The standard InChI is InChI=1S/C25H25N5O4S/c1-15(31)26-18-7-11-21-23(13-18)29-24-14-19(27-16(2)32)8-12-22(24)25(21)28-17-5-9-20(10-6-17)35(33,34)30(3)4/h5-14H,1-4H3,(H,26,31)(H,27,32)(H,28,29). The first kappa shape index (κ1) is 24.1. The van der Waals surface area contributed by atoms with E-state index < -0.39 is 10.0 Å². The molecule has 3 aromatic carbocycles. The number of pyridine rings is 1. The molecule has 0 aliphatic heterocycles. The first-order chi connectivity index (χ1) is 16.5. The van der Waals surface area contributed by atoms with Crippen LogP contribution in [-0.2, 0) is 19.6 Å². The van der Waals surface area contributed by atoms with E-state index in [0.29, 0.717) is 28.1 Å². The van der Waals surface area contributed by atoms with E-state index in [9.17, 15) is 18.0 Å². The number of nitrogens with zero attached hydrogens (tertiary/aromatic N) is 2. The first-order valence-electron chi connectivity index (χ1n) is 10.8. The molecule has 0 saturated heterocycles. The van der Waals surface area contributed by atoms with Gasteiger partial charge in [-0.3, -0.25) is 9.59 Å². The van der Waals surface area contributed by atoms with Gasteiger partial charge >= 0.3 is 0 Å². The highest BCUT2D eigenvalue weighted by Crippen LogP contribution is 2.35. The van der Waals surface area contributed by atoms with Crippen molar-refractivity contribution >= 4 is 66.4 Å². The molecule has 0 spiro atoms. The lowest BCUT2D eigenvalue weighted by Gasteiger charge is -2.16. The first-order valence-corrected chi connectivity index (χ1v) is 12.2. The molecule has 0 radical (unpaired) electrons. The molecule has 0 aliphatic carbocycles. The molecular formula is C25H25N5O4S. The molecule has 0 bridgehead atoms. The number of sulfonamides is 1. The van der Waals surface area contributed by atoms with Crippen LogP contribution in [0.15, 0.2) is 65.6 Å². The van der Waals surface area contributed by atoms with Crippen molar-refractivity contribution in [2.45, 2.75) is 18.7 Å². The van der Waals surface area contributed by atoms with Crippen LogP contribution in [0, 0.1) is 0 Å². The van der Waals surface area contributed by atoms with Gasteiger partial charge in [-0.1, -0.05) is 0 Å². The van der Waals surface area contributed by atoms with E-state index in [1.165, 1.54) is 32.2 Å². The molecule has 10 heteroatoms. The third-order valence-electron chi connectivity index (χ3n) is 5.32. The van der Waals surface area contributed by atoms with Gasteiger partial charge in [0.25, 0.3) is 0 Å². The number of hydrogen-bond acceptors (Lipinski definition) is 6. The van der Waals surface area contributed by atoms with Crippen LogP contribution in [0.4, 0.5) is 22.7 Å². The van der Waals surface area contributed by atoms with Crippen molar-refractivity contribution < 1.29 is 18.0 Å². The highest BCUT2D eigenvalue weighted by molar-refractivity contribution is 7.89. The SMILES string of the molecule is CC(=O)Nc1ccc2c(Nc3ccc(S(=O)(=O)N(C)C)cc3)c3ccc(NC(C)=O)cc3nc2c1. The lowest BCUT2D eigenvalue weighted by Crippen LogP contribution is -2.22. The minimum Gasteiger partial charge on any atom is -0.354 e. The van der Waals surface area contributed by atoms with Crippen molar-refractivity contribution in [2.75, 3.05) is 30.0 Å². The average molecular weight is 492 g/mol. The lowest BCUT2D eigenvalue weighted by molar-refractivity contribution is -0.115. The summed E-state index contributed by atoms with van der Waals surface area (Å²) in [5.41, 5.74) is 3.94. The van der Waals surface area contributed by atoms with Gasteiger partial charge in [0.15, 0.2) is 0 Å². The number of nitrogens with one attached hydrogen (secondary N) is 3. The predicted octanol–water partition coefficient (Wildman–Crippen LogP) is 4.30. The largest absolute Gasteiger partial charge is 0.354 e. The Labute approximate surface area is 203 Å². The number of benzene rings is 3. The van der Waals surface area contributed by atoms with Crippen molar-refractivity contribution in [1.29, 1.82) is 0 Å². The molecule has 3 N–H and O–H groups in total. The molecule has 1 heterocycles. The predicted molar refractivity (Wildman–Crippen MR) is 138 cm³/mol. The van der Waals surface area contributed by atoms with Gasteiger partial charge in [0.05, 0.1) is 21.6 Å². The summed E-state index contributed by atoms with van der Waals surface area (Å²) in [6, 6.07) is 17.4. The fraction of sp³-hybridized carbons (Fsp3) is 0.160. The molecular weight excluding hydrogens is 466 g/mol.